The molecule has 0 atom stereocenters. The van der Waals surface area contributed by atoms with Crippen LogP contribution >= 0.6 is 15.9 Å². The van der Waals surface area contributed by atoms with Crippen molar-refractivity contribution in [2.24, 2.45) is 0 Å². The first-order chi connectivity index (χ1) is 12.6. The lowest BCUT2D eigenvalue weighted by atomic mass is 10.1. The van der Waals surface area contributed by atoms with Crippen molar-refractivity contribution >= 4 is 27.7 Å². The Bertz CT molecular complexity index is 759. The Morgan fingerprint density at radius 2 is 1.92 bits per heavy atom. The fourth-order valence-corrected chi connectivity index (χ4v) is 3.19. The molecule has 0 bridgehead atoms. The molecular weight excluding hydrogens is 398 g/mol. The van der Waals surface area contributed by atoms with Gasteiger partial charge < -0.3 is 19.3 Å². The zero-order valence-electron chi connectivity index (χ0n) is 14.9. The number of rotatable bonds is 5. The van der Waals surface area contributed by atoms with Gasteiger partial charge in [-0.3, -0.25) is 4.79 Å². The summed E-state index contributed by atoms with van der Waals surface area (Å²) in [6.45, 7) is 5.30. The first-order valence-electron chi connectivity index (χ1n) is 8.59. The number of carbonyl (C=O) groups is 1. The average molecular weight is 420 g/mol. The molecule has 1 aliphatic rings. The van der Waals surface area contributed by atoms with Crippen LogP contribution in [-0.4, -0.2) is 55.7 Å². The van der Waals surface area contributed by atoms with Crippen LogP contribution in [0.2, 0.25) is 0 Å². The molecule has 7 heteroatoms. The molecule has 1 aromatic heterocycles. The minimum atomic E-state index is 0.00904. The Morgan fingerprint density at radius 1 is 1.15 bits per heavy atom. The van der Waals surface area contributed by atoms with Crippen molar-refractivity contribution in [2.45, 2.75) is 6.92 Å². The van der Waals surface area contributed by atoms with E-state index in [1.807, 2.05) is 24.0 Å². The summed E-state index contributed by atoms with van der Waals surface area (Å²) in [5.74, 6) is 2.17. The number of carbonyl (C=O) groups excluding carboxylic acids is 1. The van der Waals surface area contributed by atoms with Crippen molar-refractivity contribution < 1.29 is 14.3 Å². The Kier molecular flexibility index (Phi) is 5.98. The number of anilines is 1. The molecule has 0 aliphatic carbocycles. The zero-order chi connectivity index (χ0) is 18.5. The highest BCUT2D eigenvalue weighted by molar-refractivity contribution is 9.10. The fraction of sp³-hybridized carbons (Fsp3) is 0.368. The second-order valence-electron chi connectivity index (χ2n) is 5.91. The van der Waals surface area contributed by atoms with Gasteiger partial charge >= 0.3 is 0 Å². The van der Waals surface area contributed by atoms with Gasteiger partial charge in [0.05, 0.1) is 13.7 Å². The molecule has 2 heterocycles. The van der Waals surface area contributed by atoms with E-state index in [1.165, 1.54) is 0 Å². The van der Waals surface area contributed by atoms with Gasteiger partial charge in [0.25, 0.3) is 5.91 Å². The maximum atomic E-state index is 12.8. The normalized spacial score (nSPS) is 14.3. The van der Waals surface area contributed by atoms with Gasteiger partial charge in [-0.15, -0.1) is 0 Å². The van der Waals surface area contributed by atoms with Crippen molar-refractivity contribution in [3.8, 4) is 11.5 Å². The van der Waals surface area contributed by atoms with Crippen molar-refractivity contribution in [2.75, 3.05) is 44.8 Å². The second kappa shape index (κ2) is 8.40. The smallest absolute Gasteiger partial charge is 0.254 e. The molecule has 3 rings (SSSR count). The molecule has 0 spiro atoms. The fourth-order valence-electron chi connectivity index (χ4n) is 2.95. The predicted octanol–water partition coefficient (Wildman–Crippen LogP) is 3.21. The number of piperazine rings is 1. The summed E-state index contributed by atoms with van der Waals surface area (Å²) < 4.78 is 11.8. The number of hydrogen-bond acceptors (Lipinski definition) is 5. The summed E-state index contributed by atoms with van der Waals surface area (Å²) in [6.07, 6.45) is 1.79. The standard InChI is InChI=1S/C19H22BrN3O3/c1-3-26-16-6-4-14(12-17(16)25-2)19(24)23-10-8-22(9-11-23)18-7-5-15(20)13-21-18/h4-7,12-13H,3,8-11H2,1-2H3. The van der Waals surface area contributed by atoms with E-state index in [-0.39, 0.29) is 5.91 Å². The molecule has 1 amide bonds. The highest BCUT2D eigenvalue weighted by Crippen LogP contribution is 2.28. The van der Waals surface area contributed by atoms with Crippen molar-refractivity contribution in [3.05, 3.63) is 46.6 Å². The summed E-state index contributed by atoms with van der Waals surface area (Å²) in [6, 6.07) is 9.29. The summed E-state index contributed by atoms with van der Waals surface area (Å²) in [5.41, 5.74) is 0.612. The summed E-state index contributed by atoms with van der Waals surface area (Å²) in [5, 5.41) is 0. The summed E-state index contributed by atoms with van der Waals surface area (Å²) in [7, 11) is 1.58. The van der Waals surface area contributed by atoms with Crippen LogP contribution in [0.4, 0.5) is 5.82 Å². The maximum Gasteiger partial charge on any atom is 0.254 e. The van der Waals surface area contributed by atoms with Crippen LogP contribution < -0.4 is 14.4 Å². The highest BCUT2D eigenvalue weighted by atomic mass is 79.9. The quantitative estimate of drug-likeness (QED) is 0.744. The van der Waals surface area contributed by atoms with Crippen LogP contribution in [0.15, 0.2) is 41.0 Å². The summed E-state index contributed by atoms with van der Waals surface area (Å²) in [4.78, 5) is 21.3. The van der Waals surface area contributed by atoms with Crippen molar-refractivity contribution in [1.29, 1.82) is 0 Å². The first-order valence-corrected chi connectivity index (χ1v) is 9.38. The molecule has 1 saturated heterocycles. The minimum absolute atomic E-state index is 0.00904. The van der Waals surface area contributed by atoms with Gasteiger partial charge in [-0.2, -0.15) is 0 Å². The predicted molar refractivity (Wildman–Crippen MR) is 104 cm³/mol. The monoisotopic (exact) mass is 419 g/mol. The molecule has 1 fully saturated rings. The lowest BCUT2D eigenvalue weighted by molar-refractivity contribution is 0.0746. The molecule has 0 N–H and O–H groups in total. The molecule has 0 unspecified atom stereocenters. The van der Waals surface area contributed by atoms with E-state index < -0.39 is 0 Å². The van der Waals surface area contributed by atoms with Crippen molar-refractivity contribution in [1.82, 2.24) is 9.88 Å². The number of ether oxygens (including phenoxy) is 2. The van der Waals surface area contributed by atoms with Gasteiger partial charge in [0.2, 0.25) is 0 Å². The first kappa shape index (κ1) is 18.5. The summed E-state index contributed by atoms with van der Waals surface area (Å²) >= 11 is 3.40. The third kappa shape index (κ3) is 4.09. The van der Waals surface area contributed by atoms with Gasteiger partial charge in [0.1, 0.15) is 5.82 Å². The minimum Gasteiger partial charge on any atom is -0.493 e. The Balaban J connectivity index is 1.65. The van der Waals surface area contributed by atoms with Crippen LogP contribution in [0.3, 0.4) is 0 Å². The van der Waals surface area contributed by atoms with E-state index in [0.717, 1.165) is 23.4 Å². The molecule has 0 radical (unpaired) electrons. The van der Waals surface area contributed by atoms with Crippen molar-refractivity contribution in [3.63, 3.8) is 0 Å². The van der Waals surface area contributed by atoms with Crippen LogP contribution in [0.25, 0.3) is 0 Å². The van der Waals surface area contributed by atoms with E-state index in [4.69, 9.17) is 9.47 Å². The van der Waals surface area contributed by atoms with Crippen LogP contribution in [-0.2, 0) is 0 Å². The van der Waals surface area contributed by atoms with Gasteiger partial charge in [-0.1, -0.05) is 0 Å². The highest BCUT2D eigenvalue weighted by Gasteiger charge is 2.23. The second-order valence-corrected chi connectivity index (χ2v) is 6.83. The molecule has 1 aromatic carbocycles. The third-order valence-electron chi connectivity index (χ3n) is 4.31. The molecule has 26 heavy (non-hydrogen) atoms. The third-order valence-corrected chi connectivity index (χ3v) is 4.78. The molecule has 1 aliphatic heterocycles. The Labute approximate surface area is 161 Å². The number of amides is 1. The lowest BCUT2D eigenvalue weighted by Gasteiger charge is -2.35. The number of benzene rings is 1. The molecular formula is C19H22BrN3O3. The van der Waals surface area contributed by atoms with Crippen LogP contribution in [0, 0.1) is 0 Å². The van der Waals surface area contributed by atoms with Crippen LogP contribution in [0.5, 0.6) is 11.5 Å². The Morgan fingerprint density at radius 3 is 2.54 bits per heavy atom. The lowest BCUT2D eigenvalue weighted by Crippen LogP contribution is -2.49. The van der Waals surface area contributed by atoms with Crippen LogP contribution in [0.1, 0.15) is 17.3 Å². The molecule has 0 saturated carbocycles. The van der Waals surface area contributed by atoms with E-state index in [0.29, 0.717) is 36.8 Å². The average Bonchev–Trinajstić information content (AvgIpc) is 2.69. The number of aromatic nitrogens is 1. The molecule has 138 valence electrons. The Hall–Kier alpha value is -2.28. The van der Waals surface area contributed by atoms with Gasteiger partial charge in [0.15, 0.2) is 11.5 Å². The number of nitrogens with zero attached hydrogens (tertiary/aromatic N) is 3. The zero-order valence-corrected chi connectivity index (χ0v) is 16.5. The SMILES string of the molecule is CCOc1ccc(C(=O)N2CCN(c3ccc(Br)cn3)CC2)cc1OC. The van der Waals surface area contributed by atoms with E-state index in [9.17, 15) is 4.79 Å². The van der Waals surface area contributed by atoms with E-state index >= 15 is 0 Å². The number of methoxy groups -OCH3 is 1. The number of hydrogen-bond donors (Lipinski definition) is 0. The van der Waals surface area contributed by atoms with Gasteiger partial charge in [0, 0.05) is 42.4 Å². The maximum absolute atomic E-state index is 12.8. The molecule has 2 aromatic rings. The molecule has 6 nitrogen and oxygen atoms in total. The van der Waals surface area contributed by atoms with Gasteiger partial charge in [-0.05, 0) is 53.2 Å². The number of halogens is 1. The van der Waals surface area contributed by atoms with E-state index in [1.54, 1.807) is 31.5 Å². The van der Waals surface area contributed by atoms with Gasteiger partial charge in [-0.25, -0.2) is 4.98 Å². The largest absolute Gasteiger partial charge is 0.493 e. The topological polar surface area (TPSA) is 54.9 Å². The number of pyridine rings is 1. The van der Waals surface area contributed by atoms with E-state index in [2.05, 4.69) is 25.8 Å².